The number of amides is 2. The normalized spacial score (nSPS) is 13.3. The number of aryl methyl sites for hydroxylation is 1. The fraction of sp³-hybridized carbons (Fsp3) is 0.333. The van der Waals surface area contributed by atoms with Gasteiger partial charge < -0.3 is 10.2 Å². The van der Waals surface area contributed by atoms with Gasteiger partial charge in [-0.25, -0.2) is 0 Å². The van der Waals surface area contributed by atoms with E-state index in [9.17, 15) is 9.59 Å². The van der Waals surface area contributed by atoms with Gasteiger partial charge in [0.15, 0.2) is 0 Å². The predicted molar refractivity (Wildman–Crippen MR) is 98.4 cm³/mol. The van der Waals surface area contributed by atoms with Crippen LogP contribution in [0.4, 0.5) is 5.69 Å². The van der Waals surface area contributed by atoms with Gasteiger partial charge >= 0.3 is 0 Å². The van der Waals surface area contributed by atoms with Crippen molar-refractivity contribution in [3.05, 3.63) is 50.2 Å². The number of carbonyl (C=O) groups is 2. The van der Waals surface area contributed by atoms with Crippen LogP contribution in [0.1, 0.15) is 44.0 Å². The molecule has 1 aliphatic rings. The zero-order chi connectivity index (χ0) is 17.3. The first-order valence-electron chi connectivity index (χ1n) is 7.89. The number of benzene rings is 1. The molecule has 0 bridgehead atoms. The first-order valence-corrected chi connectivity index (χ1v) is 9.15. The van der Waals surface area contributed by atoms with Crippen molar-refractivity contribution in [1.29, 1.82) is 0 Å². The first-order chi connectivity index (χ1) is 11.5. The second-order valence-corrected chi connectivity index (χ2v) is 7.48. The van der Waals surface area contributed by atoms with Crippen LogP contribution in [0.25, 0.3) is 0 Å². The lowest BCUT2D eigenvalue weighted by Crippen LogP contribution is -2.22. The third kappa shape index (κ3) is 3.32. The highest BCUT2D eigenvalue weighted by molar-refractivity contribution is 7.10. The van der Waals surface area contributed by atoms with Crippen molar-refractivity contribution in [1.82, 2.24) is 4.90 Å². The molecule has 126 valence electrons. The van der Waals surface area contributed by atoms with E-state index >= 15 is 0 Å². The molecular weight excluding hydrogens is 344 g/mol. The van der Waals surface area contributed by atoms with E-state index in [1.165, 1.54) is 21.8 Å². The fourth-order valence-electron chi connectivity index (χ4n) is 2.89. The zero-order valence-electron chi connectivity index (χ0n) is 13.7. The Kier molecular flexibility index (Phi) is 4.92. The molecule has 0 fully saturated rings. The summed E-state index contributed by atoms with van der Waals surface area (Å²) < 4.78 is 0. The lowest BCUT2D eigenvalue weighted by Gasteiger charge is -2.14. The molecule has 4 nitrogen and oxygen atoms in total. The van der Waals surface area contributed by atoms with Crippen LogP contribution in [0.15, 0.2) is 23.6 Å². The summed E-state index contributed by atoms with van der Waals surface area (Å²) in [6.07, 6.45) is 4.36. The van der Waals surface area contributed by atoms with E-state index in [1.807, 2.05) is 5.38 Å². The smallest absolute Gasteiger partial charge is 0.256 e. The van der Waals surface area contributed by atoms with Gasteiger partial charge in [0.05, 0.1) is 16.1 Å². The van der Waals surface area contributed by atoms with E-state index < -0.39 is 0 Å². The molecule has 0 saturated carbocycles. The van der Waals surface area contributed by atoms with Gasteiger partial charge in [0.25, 0.3) is 11.8 Å². The van der Waals surface area contributed by atoms with Crippen molar-refractivity contribution < 1.29 is 9.59 Å². The molecule has 1 heterocycles. The third-order valence-corrected chi connectivity index (χ3v) is 5.58. The Balaban J connectivity index is 1.83. The Morgan fingerprint density at radius 1 is 1.17 bits per heavy atom. The number of nitrogens with one attached hydrogen (secondary N) is 1. The number of thiophene rings is 1. The molecule has 0 aliphatic heterocycles. The van der Waals surface area contributed by atoms with Gasteiger partial charge in [0.2, 0.25) is 0 Å². The molecule has 6 heteroatoms. The van der Waals surface area contributed by atoms with E-state index in [0.29, 0.717) is 16.3 Å². The van der Waals surface area contributed by atoms with Crippen molar-refractivity contribution in [2.24, 2.45) is 0 Å². The molecule has 1 N–H and O–H groups in total. The van der Waals surface area contributed by atoms with Gasteiger partial charge in [-0.2, -0.15) is 0 Å². The number of anilines is 1. The number of fused-ring (bicyclic) bond motifs is 1. The number of rotatable bonds is 3. The Morgan fingerprint density at radius 2 is 1.92 bits per heavy atom. The number of carbonyl (C=O) groups excluding carboxylic acids is 2. The molecule has 0 radical (unpaired) electrons. The Bertz CT molecular complexity index is 798. The number of nitrogens with zero attached hydrogens (tertiary/aromatic N) is 1. The van der Waals surface area contributed by atoms with Crippen molar-refractivity contribution in [2.75, 3.05) is 19.4 Å². The van der Waals surface area contributed by atoms with Gasteiger partial charge in [-0.05, 0) is 49.4 Å². The van der Waals surface area contributed by atoms with E-state index in [-0.39, 0.29) is 11.8 Å². The van der Waals surface area contributed by atoms with Gasteiger partial charge in [-0.15, -0.1) is 11.3 Å². The number of hydrogen-bond donors (Lipinski definition) is 1. The van der Waals surface area contributed by atoms with Gasteiger partial charge in [-0.1, -0.05) is 11.6 Å². The van der Waals surface area contributed by atoms with E-state index in [1.54, 1.807) is 43.6 Å². The molecule has 2 aromatic rings. The molecule has 1 aliphatic carbocycles. The van der Waals surface area contributed by atoms with Crippen LogP contribution < -0.4 is 5.32 Å². The Morgan fingerprint density at radius 3 is 2.67 bits per heavy atom. The number of halogens is 1. The summed E-state index contributed by atoms with van der Waals surface area (Å²) in [5, 5.41) is 5.21. The maximum Gasteiger partial charge on any atom is 0.256 e. The molecule has 24 heavy (non-hydrogen) atoms. The maximum absolute atomic E-state index is 12.6. The minimum absolute atomic E-state index is 0.125. The molecule has 0 unspecified atom stereocenters. The fourth-order valence-corrected chi connectivity index (χ4v) is 4.21. The average Bonchev–Trinajstić information content (AvgIpc) is 3.00. The SMILES string of the molecule is CN(C)C(=O)c1cc(NC(=O)c2csc3c2CCCC3)ccc1Cl. The zero-order valence-corrected chi connectivity index (χ0v) is 15.3. The molecule has 0 saturated heterocycles. The second-order valence-electron chi connectivity index (χ2n) is 6.11. The maximum atomic E-state index is 12.6. The van der Waals surface area contributed by atoms with Crippen molar-refractivity contribution in [3.8, 4) is 0 Å². The average molecular weight is 363 g/mol. The van der Waals surface area contributed by atoms with Crippen molar-refractivity contribution >= 4 is 40.4 Å². The summed E-state index contributed by atoms with van der Waals surface area (Å²) in [5.41, 5.74) is 2.89. The van der Waals surface area contributed by atoms with Crippen LogP contribution in [0.2, 0.25) is 5.02 Å². The van der Waals surface area contributed by atoms with E-state index in [2.05, 4.69) is 5.32 Å². The standard InChI is InChI=1S/C18H19ClN2O2S/c1-21(2)18(23)13-9-11(7-8-15(13)19)20-17(22)14-10-24-16-6-4-3-5-12(14)16/h7-10H,3-6H2,1-2H3,(H,20,22). The lowest BCUT2D eigenvalue weighted by molar-refractivity contribution is 0.0827. The Labute approximate surface area is 150 Å². The molecule has 0 spiro atoms. The molecule has 2 amide bonds. The largest absolute Gasteiger partial charge is 0.345 e. The molecule has 1 aromatic heterocycles. The van der Waals surface area contributed by atoms with Gasteiger partial charge in [0.1, 0.15) is 0 Å². The summed E-state index contributed by atoms with van der Waals surface area (Å²) in [4.78, 5) is 27.6. The highest BCUT2D eigenvalue weighted by Crippen LogP contribution is 2.31. The third-order valence-electron chi connectivity index (χ3n) is 4.17. The summed E-state index contributed by atoms with van der Waals surface area (Å²) in [6, 6.07) is 4.98. The summed E-state index contributed by atoms with van der Waals surface area (Å²) in [6.45, 7) is 0. The van der Waals surface area contributed by atoms with Crippen molar-refractivity contribution in [2.45, 2.75) is 25.7 Å². The Hall–Kier alpha value is -1.85. The van der Waals surface area contributed by atoms with Crippen LogP contribution in [0, 0.1) is 0 Å². The highest BCUT2D eigenvalue weighted by atomic mass is 35.5. The molecule has 3 rings (SSSR count). The molecule has 0 atom stereocenters. The van der Waals surface area contributed by atoms with Crippen LogP contribution in [-0.4, -0.2) is 30.8 Å². The van der Waals surface area contributed by atoms with Crippen molar-refractivity contribution in [3.63, 3.8) is 0 Å². The molecular formula is C18H19ClN2O2S. The second kappa shape index (κ2) is 6.95. The molecule has 1 aromatic carbocycles. The van der Waals surface area contributed by atoms with Gasteiger partial charge in [-0.3, -0.25) is 9.59 Å². The predicted octanol–water partition coefficient (Wildman–Crippen LogP) is 4.23. The minimum Gasteiger partial charge on any atom is -0.345 e. The highest BCUT2D eigenvalue weighted by Gasteiger charge is 2.21. The van der Waals surface area contributed by atoms with Crippen LogP contribution >= 0.6 is 22.9 Å². The van der Waals surface area contributed by atoms with Crippen LogP contribution in [0.3, 0.4) is 0 Å². The summed E-state index contributed by atoms with van der Waals surface area (Å²) in [7, 11) is 3.34. The van der Waals surface area contributed by atoms with Crippen LogP contribution in [-0.2, 0) is 12.8 Å². The quantitative estimate of drug-likeness (QED) is 0.888. The van der Waals surface area contributed by atoms with Crippen LogP contribution in [0.5, 0.6) is 0 Å². The lowest BCUT2D eigenvalue weighted by atomic mass is 9.95. The minimum atomic E-state index is -0.191. The first kappa shape index (κ1) is 17.0. The number of hydrogen-bond acceptors (Lipinski definition) is 3. The summed E-state index contributed by atoms with van der Waals surface area (Å²) in [5.74, 6) is -0.316. The van der Waals surface area contributed by atoms with Gasteiger partial charge in [0, 0.05) is 30.0 Å². The summed E-state index contributed by atoms with van der Waals surface area (Å²) >= 11 is 7.77. The van der Waals surface area contributed by atoms with E-state index in [0.717, 1.165) is 24.8 Å². The topological polar surface area (TPSA) is 49.4 Å². The monoisotopic (exact) mass is 362 g/mol. The van der Waals surface area contributed by atoms with E-state index in [4.69, 9.17) is 11.6 Å².